The molecular weight excluding hydrogens is 410 g/mol. The Bertz CT molecular complexity index is 760. The molecular formula is C23H33N5O4. The smallest absolute Gasteiger partial charge is 0.215 e. The summed E-state index contributed by atoms with van der Waals surface area (Å²) < 4.78 is 22.6. The van der Waals surface area contributed by atoms with Gasteiger partial charge in [-0.25, -0.2) is 9.97 Å². The van der Waals surface area contributed by atoms with Crippen molar-refractivity contribution in [2.75, 3.05) is 90.9 Å². The van der Waals surface area contributed by atoms with E-state index in [0.29, 0.717) is 25.0 Å². The number of ether oxygens (including phenoxy) is 4. The maximum Gasteiger partial charge on any atom is 0.215 e. The quantitative estimate of drug-likeness (QED) is 0.545. The highest BCUT2D eigenvalue weighted by Gasteiger charge is 2.12. The summed E-state index contributed by atoms with van der Waals surface area (Å²) in [7, 11) is 2.01. The Balaban J connectivity index is 1.28. The van der Waals surface area contributed by atoms with E-state index in [9.17, 15) is 0 Å². The average Bonchev–Trinajstić information content (AvgIpc) is 2.85. The molecule has 2 aromatic heterocycles. The molecule has 0 N–H and O–H groups in total. The topological polar surface area (TPSA) is 72.4 Å². The first-order chi connectivity index (χ1) is 15.8. The molecule has 4 rings (SSSR count). The van der Waals surface area contributed by atoms with Gasteiger partial charge in [-0.1, -0.05) is 0 Å². The molecule has 0 spiro atoms. The first-order valence-corrected chi connectivity index (χ1v) is 11.3. The summed E-state index contributed by atoms with van der Waals surface area (Å²) in [4.78, 5) is 15.5. The fourth-order valence-corrected chi connectivity index (χ4v) is 3.73. The number of morpholine rings is 2. The van der Waals surface area contributed by atoms with E-state index in [-0.39, 0.29) is 0 Å². The van der Waals surface area contributed by atoms with Crippen molar-refractivity contribution in [3.05, 3.63) is 36.7 Å². The second kappa shape index (κ2) is 12.0. The molecule has 174 valence electrons. The van der Waals surface area contributed by atoms with Crippen molar-refractivity contribution in [3.63, 3.8) is 0 Å². The van der Waals surface area contributed by atoms with Crippen LogP contribution in [-0.4, -0.2) is 106 Å². The van der Waals surface area contributed by atoms with Gasteiger partial charge in [-0.3, -0.25) is 9.80 Å². The molecule has 0 atom stereocenters. The molecule has 9 heteroatoms. The predicted molar refractivity (Wildman–Crippen MR) is 122 cm³/mol. The molecule has 9 nitrogen and oxygen atoms in total. The lowest BCUT2D eigenvalue weighted by Crippen LogP contribution is -2.38. The van der Waals surface area contributed by atoms with Crippen molar-refractivity contribution in [1.29, 1.82) is 0 Å². The Morgan fingerprint density at radius 1 is 0.781 bits per heavy atom. The molecule has 2 fully saturated rings. The number of hydrogen-bond donors (Lipinski definition) is 0. The lowest BCUT2D eigenvalue weighted by molar-refractivity contribution is 0.0319. The fraction of sp³-hybridized carbons (Fsp3) is 0.565. The van der Waals surface area contributed by atoms with Crippen LogP contribution >= 0.6 is 0 Å². The molecule has 2 saturated heterocycles. The molecule has 0 unspecified atom stereocenters. The minimum Gasteiger partial charge on any atom is -0.476 e. The van der Waals surface area contributed by atoms with Gasteiger partial charge in [0.05, 0.1) is 26.4 Å². The third kappa shape index (κ3) is 6.77. The molecule has 0 radical (unpaired) electrons. The second-order valence-electron chi connectivity index (χ2n) is 7.87. The summed E-state index contributed by atoms with van der Waals surface area (Å²) in [6.07, 6.45) is 3.55. The minimum absolute atomic E-state index is 0.608. The molecule has 4 heterocycles. The van der Waals surface area contributed by atoms with Gasteiger partial charge < -0.3 is 23.8 Å². The standard InChI is InChI=1S/C23H33N5O4/c1-26(20-2-4-24-22(18-20)31-16-10-27-6-12-29-13-7-27)21-3-5-25-23(19-21)32-17-11-28-8-14-30-15-9-28/h2-5,18-19H,6-17H2,1H3. The van der Waals surface area contributed by atoms with Crippen LogP contribution in [0.2, 0.25) is 0 Å². The zero-order valence-corrected chi connectivity index (χ0v) is 18.8. The number of aromatic nitrogens is 2. The van der Waals surface area contributed by atoms with Gasteiger partial charge in [0.15, 0.2) is 0 Å². The lowest BCUT2D eigenvalue weighted by Gasteiger charge is -2.26. The van der Waals surface area contributed by atoms with Gasteiger partial charge in [-0.2, -0.15) is 0 Å². The third-order valence-electron chi connectivity index (χ3n) is 5.73. The Labute approximate surface area is 189 Å². The van der Waals surface area contributed by atoms with Crippen LogP contribution in [0.4, 0.5) is 11.4 Å². The minimum atomic E-state index is 0.608. The van der Waals surface area contributed by atoms with Crippen molar-refractivity contribution in [2.24, 2.45) is 0 Å². The van der Waals surface area contributed by atoms with Crippen LogP contribution in [0.15, 0.2) is 36.7 Å². The van der Waals surface area contributed by atoms with Gasteiger partial charge in [0.25, 0.3) is 0 Å². The monoisotopic (exact) mass is 443 g/mol. The lowest BCUT2D eigenvalue weighted by atomic mass is 10.3. The fourth-order valence-electron chi connectivity index (χ4n) is 3.73. The van der Waals surface area contributed by atoms with E-state index in [1.807, 2.05) is 31.3 Å². The zero-order valence-electron chi connectivity index (χ0n) is 18.8. The van der Waals surface area contributed by atoms with E-state index >= 15 is 0 Å². The van der Waals surface area contributed by atoms with Gasteiger partial charge in [-0.15, -0.1) is 0 Å². The Hall–Kier alpha value is -2.46. The Morgan fingerprint density at radius 2 is 1.22 bits per heavy atom. The zero-order chi connectivity index (χ0) is 22.0. The molecule has 0 saturated carbocycles. The maximum atomic E-state index is 5.90. The normalized spacial score (nSPS) is 17.8. The van der Waals surface area contributed by atoms with Gasteiger partial charge in [0.1, 0.15) is 13.2 Å². The number of anilines is 2. The van der Waals surface area contributed by atoms with Gasteiger partial charge in [-0.05, 0) is 12.1 Å². The Morgan fingerprint density at radius 3 is 1.66 bits per heavy atom. The summed E-state index contributed by atoms with van der Waals surface area (Å²) >= 11 is 0. The van der Waals surface area contributed by atoms with Crippen molar-refractivity contribution in [2.45, 2.75) is 0 Å². The highest BCUT2D eigenvalue weighted by Crippen LogP contribution is 2.27. The molecule has 0 aromatic carbocycles. The summed E-state index contributed by atoms with van der Waals surface area (Å²) in [5.41, 5.74) is 1.98. The van der Waals surface area contributed by atoms with Gasteiger partial charge in [0.2, 0.25) is 11.8 Å². The number of rotatable bonds is 10. The summed E-state index contributed by atoms with van der Waals surface area (Å²) in [6.45, 7) is 9.97. The molecule has 2 aliphatic heterocycles. The van der Waals surface area contributed by atoms with E-state index in [0.717, 1.165) is 77.1 Å². The third-order valence-corrected chi connectivity index (χ3v) is 5.73. The number of hydrogen-bond acceptors (Lipinski definition) is 9. The summed E-state index contributed by atoms with van der Waals surface area (Å²) in [5, 5.41) is 0. The van der Waals surface area contributed by atoms with Crippen LogP contribution in [0.5, 0.6) is 11.8 Å². The van der Waals surface area contributed by atoms with Crippen LogP contribution in [0, 0.1) is 0 Å². The number of pyridine rings is 2. The molecule has 2 aliphatic rings. The van der Waals surface area contributed by atoms with Gasteiger partial charge >= 0.3 is 0 Å². The Kier molecular flexibility index (Phi) is 8.49. The highest BCUT2D eigenvalue weighted by molar-refractivity contribution is 5.63. The van der Waals surface area contributed by atoms with Crippen LogP contribution in [0.3, 0.4) is 0 Å². The first-order valence-electron chi connectivity index (χ1n) is 11.3. The van der Waals surface area contributed by atoms with Crippen LogP contribution in [-0.2, 0) is 9.47 Å². The van der Waals surface area contributed by atoms with E-state index in [1.54, 1.807) is 12.4 Å². The van der Waals surface area contributed by atoms with E-state index in [4.69, 9.17) is 18.9 Å². The second-order valence-corrected chi connectivity index (χ2v) is 7.87. The molecule has 32 heavy (non-hydrogen) atoms. The van der Waals surface area contributed by atoms with Crippen molar-refractivity contribution in [1.82, 2.24) is 19.8 Å². The SMILES string of the molecule is CN(c1ccnc(OCCN2CCOCC2)c1)c1ccnc(OCCN2CCOCC2)c1. The van der Waals surface area contributed by atoms with E-state index < -0.39 is 0 Å². The molecule has 0 amide bonds. The van der Waals surface area contributed by atoms with Crippen LogP contribution < -0.4 is 14.4 Å². The predicted octanol–water partition coefficient (Wildman–Crippen LogP) is 1.67. The first kappa shape index (κ1) is 22.7. The highest BCUT2D eigenvalue weighted by atomic mass is 16.5. The van der Waals surface area contributed by atoms with E-state index in [2.05, 4.69) is 24.7 Å². The van der Waals surface area contributed by atoms with E-state index in [1.165, 1.54) is 0 Å². The van der Waals surface area contributed by atoms with Crippen LogP contribution in [0.25, 0.3) is 0 Å². The molecule has 0 bridgehead atoms. The average molecular weight is 444 g/mol. The molecule has 2 aromatic rings. The maximum absolute atomic E-state index is 5.90. The van der Waals surface area contributed by atoms with Crippen molar-refractivity contribution in [3.8, 4) is 11.8 Å². The largest absolute Gasteiger partial charge is 0.476 e. The molecule has 0 aliphatic carbocycles. The number of nitrogens with zero attached hydrogens (tertiary/aromatic N) is 5. The van der Waals surface area contributed by atoms with Crippen LogP contribution in [0.1, 0.15) is 0 Å². The van der Waals surface area contributed by atoms with Crippen molar-refractivity contribution >= 4 is 11.4 Å². The summed E-state index contributed by atoms with van der Waals surface area (Å²) in [6, 6.07) is 7.85. The van der Waals surface area contributed by atoms with Crippen molar-refractivity contribution < 1.29 is 18.9 Å². The summed E-state index contributed by atoms with van der Waals surface area (Å²) in [5.74, 6) is 1.25. The van der Waals surface area contributed by atoms with Gasteiger partial charge in [0, 0.05) is 82.2 Å².